The number of Topliss-reactive ketones (excluding diaryl/α,β-unsaturated/α-hetero) is 1. The highest BCUT2D eigenvalue weighted by Crippen LogP contribution is 2.32. The van der Waals surface area contributed by atoms with Crippen molar-refractivity contribution >= 4 is 45.9 Å². The number of nitrogens with zero attached hydrogens (tertiary/aromatic N) is 1. The molecule has 0 radical (unpaired) electrons. The van der Waals surface area contributed by atoms with Crippen molar-refractivity contribution in [2.24, 2.45) is 0 Å². The van der Waals surface area contributed by atoms with E-state index in [-0.39, 0.29) is 38.9 Å². The van der Waals surface area contributed by atoms with Crippen LogP contribution in [0.2, 0.25) is 10.0 Å². The number of hydrogen-bond acceptors (Lipinski definition) is 4. The second-order valence-corrected chi connectivity index (χ2v) is 5.66. The first kappa shape index (κ1) is 17.5. The first-order valence-corrected chi connectivity index (χ1v) is 7.82. The Morgan fingerprint density at radius 1 is 1.26 bits per heavy atom. The van der Waals surface area contributed by atoms with Crippen molar-refractivity contribution in [2.45, 2.75) is 27.3 Å². The molecule has 0 amide bonds. The minimum atomic E-state index is -0.704. The van der Waals surface area contributed by atoms with Crippen molar-refractivity contribution in [3.63, 3.8) is 0 Å². The van der Waals surface area contributed by atoms with Gasteiger partial charge in [-0.3, -0.25) is 9.59 Å². The first-order valence-electron chi connectivity index (χ1n) is 7.06. The van der Waals surface area contributed by atoms with Gasteiger partial charge in [0.15, 0.2) is 5.78 Å². The zero-order chi connectivity index (χ0) is 17.3. The number of ether oxygens (including phenoxy) is 1. The number of carbonyl (C=O) groups is 2. The Morgan fingerprint density at radius 2 is 1.91 bits per heavy atom. The summed E-state index contributed by atoms with van der Waals surface area (Å²) in [6, 6.07) is 1.37. The molecule has 2 rings (SSSR count). The molecule has 0 unspecified atom stereocenters. The number of halogens is 2. The number of carbonyl (C=O) groups excluding carboxylic acids is 2. The Hall–Kier alpha value is -1.85. The molecule has 0 atom stereocenters. The van der Waals surface area contributed by atoms with Gasteiger partial charge in [-0.2, -0.15) is 0 Å². The minimum absolute atomic E-state index is 0.0794. The molecule has 1 aromatic heterocycles. The van der Waals surface area contributed by atoms with E-state index in [4.69, 9.17) is 27.9 Å². The summed E-state index contributed by atoms with van der Waals surface area (Å²) in [7, 11) is 0. The van der Waals surface area contributed by atoms with Crippen LogP contribution < -0.4 is 5.43 Å². The zero-order valence-corrected chi connectivity index (χ0v) is 14.4. The molecule has 0 saturated heterocycles. The number of hydrogen-bond donors (Lipinski definition) is 0. The monoisotopic (exact) mass is 355 g/mol. The molecule has 23 heavy (non-hydrogen) atoms. The summed E-state index contributed by atoms with van der Waals surface area (Å²) < 4.78 is 6.54. The molecule has 0 saturated carbocycles. The van der Waals surface area contributed by atoms with Crippen molar-refractivity contribution in [1.82, 2.24) is 4.57 Å². The van der Waals surface area contributed by atoms with Crippen molar-refractivity contribution in [3.05, 3.63) is 43.7 Å². The van der Waals surface area contributed by atoms with Gasteiger partial charge in [0.2, 0.25) is 5.43 Å². The quantitative estimate of drug-likeness (QED) is 0.619. The molecule has 2 aromatic rings. The summed E-state index contributed by atoms with van der Waals surface area (Å²) in [5.41, 5.74) is -0.0842. The van der Waals surface area contributed by atoms with Gasteiger partial charge in [-0.05, 0) is 26.8 Å². The Labute approximate surface area is 142 Å². The van der Waals surface area contributed by atoms with Crippen molar-refractivity contribution < 1.29 is 14.3 Å². The highest BCUT2D eigenvalue weighted by atomic mass is 35.5. The summed E-state index contributed by atoms with van der Waals surface area (Å²) in [5.74, 6) is -1.00. The normalized spacial score (nSPS) is 10.8. The van der Waals surface area contributed by atoms with Gasteiger partial charge in [-0.15, -0.1) is 0 Å². The molecule has 0 N–H and O–H groups in total. The van der Waals surface area contributed by atoms with Crippen LogP contribution in [0.1, 0.15) is 41.5 Å². The second-order valence-electron chi connectivity index (χ2n) is 4.88. The summed E-state index contributed by atoms with van der Waals surface area (Å²) in [5, 5.41) is 0.363. The molecule has 0 spiro atoms. The van der Waals surface area contributed by atoms with E-state index in [0.717, 1.165) is 0 Å². The number of rotatable bonds is 4. The summed E-state index contributed by atoms with van der Waals surface area (Å²) >= 11 is 12.4. The number of fused-ring (bicyclic) bond motifs is 1. The average Bonchev–Trinajstić information content (AvgIpc) is 2.48. The van der Waals surface area contributed by atoms with E-state index in [9.17, 15) is 14.4 Å². The van der Waals surface area contributed by atoms with Crippen molar-refractivity contribution in [1.29, 1.82) is 0 Å². The van der Waals surface area contributed by atoms with Gasteiger partial charge in [0.05, 0.1) is 27.7 Å². The van der Waals surface area contributed by atoms with E-state index in [2.05, 4.69) is 0 Å². The molecule has 1 aromatic carbocycles. The average molecular weight is 356 g/mol. The van der Waals surface area contributed by atoms with Crippen LogP contribution in [0.3, 0.4) is 0 Å². The zero-order valence-electron chi connectivity index (χ0n) is 12.9. The number of pyridine rings is 1. The first-order chi connectivity index (χ1) is 10.8. The summed E-state index contributed by atoms with van der Waals surface area (Å²) in [6.45, 7) is 5.44. The molecule has 5 nitrogen and oxygen atoms in total. The van der Waals surface area contributed by atoms with Crippen LogP contribution in [0.4, 0.5) is 0 Å². The molecule has 0 aliphatic rings. The predicted octanol–water partition coefficient (Wildman–Crippen LogP) is 3.71. The minimum Gasteiger partial charge on any atom is -0.462 e. The van der Waals surface area contributed by atoms with Crippen molar-refractivity contribution in [2.75, 3.05) is 6.61 Å². The lowest BCUT2D eigenvalue weighted by Crippen LogP contribution is -2.21. The lowest BCUT2D eigenvalue weighted by molar-refractivity contribution is 0.0524. The predicted molar refractivity (Wildman–Crippen MR) is 89.9 cm³/mol. The van der Waals surface area contributed by atoms with E-state index in [1.54, 1.807) is 11.5 Å². The fourth-order valence-corrected chi connectivity index (χ4v) is 3.24. The SMILES string of the molecule is CCOC(=O)c1cn(CC)c2c(Cl)c(C(C)=O)c(Cl)cc2c1=O. The molecular weight excluding hydrogens is 341 g/mol. The number of ketones is 1. The van der Waals surface area contributed by atoms with Gasteiger partial charge >= 0.3 is 5.97 Å². The maximum Gasteiger partial charge on any atom is 0.343 e. The Balaban J connectivity index is 2.95. The third-order valence-electron chi connectivity index (χ3n) is 3.44. The number of aromatic nitrogens is 1. The van der Waals surface area contributed by atoms with Gasteiger partial charge in [-0.1, -0.05) is 23.2 Å². The van der Waals surface area contributed by atoms with Gasteiger partial charge in [-0.25, -0.2) is 4.79 Å². The molecule has 0 aliphatic carbocycles. The van der Waals surface area contributed by atoms with E-state index < -0.39 is 11.4 Å². The van der Waals surface area contributed by atoms with Crippen LogP contribution in [0.15, 0.2) is 17.1 Å². The van der Waals surface area contributed by atoms with Gasteiger partial charge < -0.3 is 9.30 Å². The Morgan fingerprint density at radius 3 is 2.43 bits per heavy atom. The third kappa shape index (κ3) is 2.99. The van der Waals surface area contributed by atoms with Crippen LogP contribution in [0.5, 0.6) is 0 Å². The maximum atomic E-state index is 12.6. The molecule has 1 heterocycles. The highest BCUT2D eigenvalue weighted by molar-refractivity contribution is 6.43. The molecule has 0 bridgehead atoms. The fourth-order valence-electron chi connectivity index (χ4n) is 2.41. The molecular formula is C16H15Cl2NO4. The number of esters is 1. The topological polar surface area (TPSA) is 65.4 Å². The van der Waals surface area contributed by atoms with Crippen LogP contribution >= 0.6 is 23.2 Å². The lowest BCUT2D eigenvalue weighted by Gasteiger charge is -2.15. The molecule has 122 valence electrons. The van der Waals surface area contributed by atoms with Crippen LogP contribution in [-0.4, -0.2) is 22.9 Å². The van der Waals surface area contributed by atoms with E-state index in [1.165, 1.54) is 19.2 Å². The molecule has 0 fully saturated rings. The third-order valence-corrected chi connectivity index (χ3v) is 4.11. The van der Waals surface area contributed by atoms with Gasteiger partial charge in [0, 0.05) is 18.1 Å². The standard InChI is InChI=1S/C16H15Cl2NO4/c1-4-19-7-10(16(22)23-5-2)15(21)9-6-11(17)12(8(3)20)13(18)14(9)19/h6-7H,4-5H2,1-3H3. The van der Waals surface area contributed by atoms with Crippen LogP contribution in [0, 0.1) is 0 Å². The fraction of sp³-hybridized carbons (Fsp3) is 0.312. The van der Waals surface area contributed by atoms with E-state index in [0.29, 0.717) is 12.1 Å². The Kier molecular flexibility index (Phi) is 5.12. The maximum absolute atomic E-state index is 12.6. The van der Waals surface area contributed by atoms with Gasteiger partial charge in [0.25, 0.3) is 0 Å². The van der Waals surface area contributed by atoms with Gasteiger partial charge in [0.1, 0.15) is 5.56 Å². The summed E-state index contributed by atoms with van der Waals surface area (Å²) in [6.07, 6.45) is 1.40. The number of benzene rings is 1. The molecule has 7 heteroatoms. The largest absolute Gasteiger partial charge is 0.462 e. The highest BCUT2D eigenvalue weighted by Gasteiger charge is 2.22. The van der Waals surface area contributed by atoms with E-state index >= 15 is 0 Å². The second kappa shape index (κ2) is 6.72. The van der Waals surface area contributed by atoms with Crippen LogP contribution in [0.25, 0.3) is 10.9 Å². The van der Waals surface area contributed by atoms with E-state index in [1.807, 2.05) is 6.92 Å². The lowest BCUT2D eigenvalue weighted by atomic mass is 10.1. The number of aryl methyl sites for hydroxylation is 1. The van der Waals surface area contributed by atoms with Crippen molar-refractivity contribution in [3.8, 4) is 0 Å². The van der Waals surface area contributed by atoms with Crippen LogP contribution in [-0.2, 0) is 11.3 Å². The summed E-state index contributed by atoms with van der Waals surface area (Å²) in [4.78, 5) is 36.3. The smallest absolute Gasteiger partial charge is 0.343 e. The molecule has 0 aliphatic heterocycles. The Bertz CT molecular complexity index is 871.